The maximum absolute atomic E-state index is 12.7. The molecule has 1 aliphatic heterocycles. The Kier molecular flexibility index (Phi) is 7.39. The molecule has 0 spiro atoms. The second-order valence-corrected chi connectivity index (χ2v) is 7.37. The van der Waals surface area contributed by atoms with Crippen LogP contribution in [0, 0.1) is 0 Å². The second-order valence-electron chi connectivity index (χ2n) is 7.37. The summed E-state index contributed by atoms with van der Waals surface area (Å²) in [7, 11) is 1.70. The molecule has 0 aromatic heterocycles. The van der Waals surface area contributed by atoms with Gasteiger partial charge in [0.05, 0.1) is 12.8 Å². The molecule has 1 N–H and O–H groups in total. The Bertz CT molecular complexity index is 791. The van der Waals surface area contributed by atoms with Crippen LogP contribution in [-0.2, 0) is 17.6 Å². The predicted octanol–water partition coefficient (Wildman–Crippen LogP) is 3.97. The number of hydrogen-bond acceptors (Lipinski definition) is 4. The molecule has 1 aliphatic rings. The number of anilines is 2. The van der Waals surface area contributed by atoms with Crippen LogP contribution in [0.1, 0.15) is 31.4 Å². The summed E-state index contributed by atoms with van der Waals surface area (Å²) in [5.41, 5.74) is 4.96. The fourth-order valence-electron chi connectivity index (χ4n) is 4.01. The molecule has 0 bridgehead atoms. The van der Waals surface area contributed by atoms with Crippen LogP contribution in [-0.4, -0.2) is 50.6 Å². The van der Waals surface area contributed by atoms with Gasteiger partial charge in [-0.15, -0.1) is 0 Å². The van der Waals surface area contributed by atoms with Crippen LogP contribution in [0.4, 0.5) is 11.4 Å². The van der Waals surface area contributed by atoms with Crippen LogP contribution in [0.2, 0.25) is 0 Å². The fraction of sp³-hybridized carbons (Fsp3) is 0.458. The first kappa shape index (κ1) is 21.0. The zero-order chi connectivity index (χ0) is 20.6. The molecule has 5 nitrogen and oxygen atoms in total. The lowest BCUT2D eigenvalue weighted by Gasteiger charge is -2.36. The molecule has 5 heteroatoms. The Morgan fingerprint density at radius 2 is 1.62 bits per heavy atom. The molecule has 2 aromatic rings. The third kappa shape index (κ3) is 5.03. The Hall–Kier alpha value is -2.69. The van der Waals surface area contributed by atoms with E-state index in [1.807, 2.05) is 23.1 Å². The topological polar surface area (TPSA) is 44.8 Å². The van der Waals surface area contributed by atoms with Gasteiger partial charge in [-0.05, 0) is 36.1 Å². The van der Waals surface area contributed by atoms with Crippen LogP contribution >= 0.6 is 0 Å². The normalized spacial score (nSPS) is 14.0. The third-order valence-corrected chi connectivity index (χ3v) is 5.70. The van der Waals surface area contributed by atoms with Gasteiger partial charge in [0.2, 0.25) is 5.91 Å². The summed E-state index contributed by atoms with van der Waals surface area (Å²) in [6, 6.07) is 14.5. The molecule has 1 amide bonds. The number of amides is 1. The van der Waals surface area contributed by atoms with Gasteiger partial charge >= 0.3 is 0 Å². The first-order chi connectivity index (χ1) is 14.2. The second kappa shape index (κ2) is 10.2. The summed E-state index contributed by atoms with van der Waals surface area (Å²) < 4.78 is 5.48. The number of nitrogens with one attached hydrogen (secondary N) is 1. The maximum atomic E-state index is 12.7. The van der Waals surface area contributed by atoms with Gasteiger partial charge in [-0.1, -0.05) is 44.2 Å². The molecule has 1 fully saturated rings. The highest BCUT2D eigenvalue weighted by Gasteiger charge is 2.22. The number of para-hydroxylation sites is 3. The van der Waals surface area contributed by atoms with Crippen molar-refractivity contribution in [2.75, 3.05) is 50.1 Å². The number of piperazine rings is 1. The van der Waals surface area contributed by atoms with E-state index in [1.165, 1.54) is 16.8 Å². The summed E-state index contributed by atoms with van der Waals surface area (Å²) in [6.45, 7) is 8.19. The third-order valence-electron chi connectivity index (χ3n) is 5.70. The zero-order valence-corrected chi connectivity index (χ0v) is 17.9. The molecule has 0 atom stereocenters. The number of rotatable bonds is 8. The molecule has 1 heterocycles. The van der Waals surface area contributed by atoms with Crippen LogP contribution in [0.25, 0.3) is 0 Å². The van der Waals surface area contributed by atoms with Crippen molar-refractivity contribution in [2.45, 2.75) is 33.1 Å². The molecular weight excluding hydrogens is 362 g/mol. The number of hydrogen-bond donors (Lipinski definition) is 1. The molecule has 0 saturated carbocycles. The van der Waals surface area contributed by atoms with Gasteiger partial charge in [0.25, 0.3) is 0 Å². The molecule has 0 radical (unpaired) electrons. The SMILES string of the molecule is CCc1cccc(CC)c1NCCC(=O)N1CCN(c2ccccc2OC)CC1. The molecular formula is C24H33N3O2. The zero-order valence-electron chi connectivity index (χ0n) is 17.9. The van der Waals surface area contributed by atoms with Crippen LogP contribution in [0.3, 0.4) is 0 Å². The summed E-state index contributed by atoms with van der Waals surface area (Å²) in [5, 5.41) is 3.53. The summed E-state index contributed by atoms with van der Waals surface area (Å²) in [6.07, 6.45) is 2.51. The number of carbonyl (C=O) groups excluding carboxylic acids is 1. The summed E-state index contributed by atoms with van der Waals surface area (Å²) in [5.74, 6) is 1.11. The Morgan fingerprint density at radius 1 is 0.966 bits per heavy atom. The number of methoxy groups -OCH3 is 1. The number of aryl methyl sites for hydroxylation is 2. The largest absolute Gasteiger partial charge is 0.495 e. The molecule has 0 aliphatic carbocycles. The van der Waals surface area contributed by atoms with E-state index in [1.54, 1.807) is 7.11 Å². The minimum absolute atomic E-state index is 0.226. The molecule has 2 aromatic carbocycles. The smallest absolute Gasteiger partial charge is 0.224 e. The minimum atomic E-state index is 0.226. The van der Waals surface area contributed by atoms with Crippen LogP contribution < -0.4 is 15.0 Å². The van der Waals surface area contributed by atoms with Crippen molar-refractivity contribution in [2.24, 2.45) is 0 Å². The average Bonchev–Trinajstić information content (AvgIpc) is 2.79. The lowest BCUT2D eigenvalue weighted by molar-refractivity contribution is -0.131. The van der Waals surface area contributed by atoms with Gasteiger partial charge in [-0.25, -0.2) is 0 Å². The average molecular weight is 396 g/mol. The standard InChI is InChI=1S/C24H33N3O2/c1-4-19-9-8-10-20(5-2)24(19)25-14-13-23(28)27-17-15-26(16-18-27)21-11-6-7-12-22(21)29-3/h6-12,25H,4-5,13-18H2,1-3H3. The lowest BCUT2D eigenvalue weighted by atomic mass is 10.0. The summed E-state index contributed by atoms with van der Waals surface area (Å²) >= 11 is 0. The highest BCUT2D eigenvalue weighted by molar-refractivity contribution is 5.77. The highest BCUT2D eigenvalue weighted by Crippen LogP contribution is 2.28. The van der Waals surface area contributed by atoms with Crippen molar-refractivity contribution in [3.8, 4) is 5.75 Å². The van der Waals surface area contributed by atoms with Gasteiger partial charge in [0, 0.05) is 44.8 Å². The molecule has 29 heavy (non-hydrogen) atoms. The molecule has 3 rings (SSSR count). The number of benzene rings is 2. The number of carbonyl (C=O) groups is 1. The van der Waals surface area contributed by atoms with E-state index >= 15 is 0 Å². The van der Waals surface area contributed by atoms with E-state index in [-0.39, 0.29) is 5.91 Å². The van der Waals surface area contributed by atoms with Crippen LogP contribution in [0.5, 0.6) is 5.75 Å². The predicted molar refractivity (Wildman–Crippen MR) is 120 cm³/mol. The van der Waals surface area contributed by atoms with Crippen molar-refractivity contribution < 1.29 is 9.53 Å². The Morgan fingerprint density at radius 3 is 2.24 bits per heavy atom. The fourth-order valence-corrected chi connectivity index (χ4v) is 4.01. The van der Waals surface area contributed by atoms with Gasteiger partial charge < -0.3 is 19.9 Å². The van der Waals surface area contributed by atoms with E-state index in [2.05, 4.69) is 48.3 Å². The number of ether oxygens (including phenoxy) is 1. The van der Waals surface area contributed by atoms with Gasteiger partial charge in [-0.3, -0.25) is 4.79 Å². The van der Waals surface area contributed by atoms with Gasteiger partial charge in [0.15, 0.2) is 0 Å². The summed E-state index contributed by atoms with van der Waals surface area (Å²) in [4.78, 5) is 17.0. The van der Waals surface area contributed by atoms with Gasteiger partial charge in [0.1, 0.15) is 5.75 Å². The van der Waals surface area contributed by atoms with Gasteiger partial charge in [-0.2, -0.15) is 0 Å². The van der Waals surface area contributed by atoms with Crippen LogP contribution in [0.15, 0.2) is 42.5 Å². The van der Waals surface area contributed by atoms with E-state index in [4.69, 9.17) is 4.74 Å². The maximum Gasteiger partial charge on any atom is 0.224 e. The molecule has 0 unspecified atom stereocenters. The Labute approximate surface area is 174 Å². The quantitative estimate of drug-likeness (QED) is 0.735. The first-order valence-corrected chi connectivity index (χ1v) is 10.7. The van der Waals surface area contributed by atoms with Crippen molar-refractivity contribution in [1.82, 2.24) is 4.90 Å². The number of nitrogens with zero attached hydrogens (tertiary/aromatic N) is 2. The van der Waals surface area contributed by atoms with Crippen molar-refractivity contribution in [3.63, 3.8) is 0 Å². The van der Waals surface area contributed by atoms with E-state index in [9.17, 15) is 4.79 Å². The lowest BCUT2D eigenvalue weighted by Crippen LogP contribution is -2.49. The van der Waals surface area contributed by atoms with E-state index in [0.29, 0.717) is 13.0 Å². The monoisotopic (exact) mass is 395 g/mol. The van der Waals surface area contributed by atoms with Crippen molar-refractivity contribution >= 4 is 17.3 Å². The van der Waals surface area contributed by atoms with E-state index in [0.717, 1.165) is 50.5 Å². The highest BCUT2D eigenvalue weighted by atomic mass is 16.5. The van der Waals surface area contributed by atoms with Crippen molar-refractivity contribution in [1.29, 1.82) is 0 Å². The van der Waals surface area contributed by atoms with E-state index < -0.39 is 0 Å². The van der Waals surface area contributed by atoms with Crippen molar-refractivity contribution in [3.05, 3.63) is 53.6 Å². The minimum Gasteiger partial charge on any atom is -0.495 e. The molecule has 1 saturated heterocycles. The first-order valence-electron chi connectivity index (χ1n) is 10.7. The molecule has 156 valence electrons. The Balaban J connectivity index is 1.51.